The highest BCUT2D eigenvalue weighted by atomic mass is 32.2. The number of nitrogens with zero attached hydrogens (tertiary/aromatic N) is 1. The Morgan fingerprint density at radius 3 is 3.15 bits per heavy atom. The van der Waals surface area contributed by atoms with Gasteiger partial charge in [-0.15, -0.1) is 11.8 Å². The van der Waals surface area contributed by atoms with E-state index in [4.69, 9.17) is 10.5 Å². The van der Waals surface area contributed by atoms with Gasteiger partial charge in [0, 0.05) is 11.4 Å². The molecular weight excluding hydrogens is 270 g/mol. The summed E-state index contributed by atoms with van der Waals surface area (Å²) in [6, 6.07) is 4.38. The first-order chi connectivity index (χ1) is 9.78. The van der Waals surface area contributed by atoms with Crippen LogP contribution in [0.3, 0.4) is 0 Å². The van der Waals surface area contributed by atoms with Crippen LogP contribution in [0.1, 0.15) is 32.6 Å². The molecule has 5 heteroatoms. The van der Waals surface area contributed by atoms with Crippen LogP contribution in [-0.2, 0) is 0 Å². The van der Waals surface area contributed by atoms with Crippen LogP contribution < -0.4 is 10.5 Å². The second-order valence-electron chi connectivity index (χ2n) is 5.32. The molecule has 1 aliphatic rings. The molecule has 0 saturated heterocycles. The number of hydrogen-bond acceptors (Lipinski definition) is 4. The summed E-state index contributed by atoms with van der Waals surface area (Å²) in [4.78, 5) is 1.19. The Balaban J connectivity index is 1.87. The first-order valence-electron chi connectivity index (χ1n) is 7.29. The zero-order chi connectivity index (χ0) is 13.9. The third-order valence-corrected chi connectivity index (χ3v) is 4.79. The second-order valence-corrected chi connectivity index (χ2v) is 6.60. The molecule has 0 unspecified atom stereocenters. The van der Waals surface area contributed by atoms with Gasteiger partial charge in [-0.3, -0.25) is 5.10 Å². The standard InChI is InChI=1S/C15H21N3OS/c1-2-20-15-12-9-17-18-13(12)6-7-14(15)19-11-5-3-4-10(16)8-11/h6-7,9-11H,2-5,8,16H2,1H3,(H,17,18)/t10-,11-/m1/s1. The molecule has 1 aromatic carbocycles. The van der Waals surface area contributed by atoms with Gasteiger partial charge in [0.25, 0.3) is 0 Å². The molecule has 1 heterocycles. The fraction of sp³-hybridized carbons (Fsp3) is 0.533. The van der Waals surface area contributed by atoms with Gasteiger partial charge in [-0.25, -0.2) is 0 Å². The molecule has 0 spiro atoms. The summed E-state index contributed by atoms with van der Waals surface area (Å²) in [7, 11) is 0. The van der Waals surface area contributed by atoms with E-state index in [0.717, 1.165) is 48.1 Å². The van der Waals surface area contributed by atoms with Crippen molar-refractivity contribution in [3.63, 3.8) is 0 Å². The van der Waals surface area contributed by atoms with Gasteiger partial charge in [-0.2, -0.15) is 5.10 Å². The highest BCUT2D eigenvalue weighted by molar-refractivity contribution is 7.99. The van der Waals surface area contributed by atoms with Crippen LogP contribution in [0.15, 0.2) is 23.2 Å². The Morgan fingerprint density at radius 2 is 2.35 bits per heavy atom. The fourth-order valence-corrected chi connectivity index (χ4v) is 3.69. The maximum atomic E-state index is 6.24. The van der Waals surface area contributed by atoms with Gasteiger partial charge in [0.2, 0.25) is 0 Å². The Bertz CT molecular complexity index is 584. The molecule has 3 rings (SSSR count). The maximum Gasteiger partial charge on any atom is 0.134 e. The smallest absolute Gasteiger partial charge is 0.134 e. The average Bonchev–Trinajstić information content (AvgIpc) is 2.90. The average molecular weight is 291 g/mol. The van der Waals surface area contributed by atoms with Gasteiger partial charge in [0.15, 0.2) is 0 Å². The number of H-pyrrole nitrogens is 1. The second kappa shape index (κ2) is 6.06. The molecular formula is C15H21N3OS. The lowest BCUT2D eigenvalue weighted by molar-refractivity contribution is 0.141. The Hall–Kier alpha value is -1.20. The lowest BCUT2D eigenvalue weighted by Crippen LogP contribution is -2.33. The fourth-order valence-electron chi connectivity index (χ4n) is 2.83. The third kappa shape index (κ3) is 2.79. The van der Waals surface area contributed by atoms with Gasteiger partial charge >= 0.3 is 0 Å². The minimum atomic E-state index is 0.249. The third-order valence-electron chi connectivity index (χ3n) is 3.79. The van der Waals surface area contributed by atoms with Gasteiger partial charge < -0.3 is 10.5 Å². The number of aromatic amines is 1. The van der Waals surface area contributed by atoms with E-state index in [0.29, 0.717) is 0 Å². The van der Waals surface area contributed by atoms with Crippen LogP contribution in [0.5, 0.6) is 5.75 Å². The van der Waals surface area contributed by atoms with Crippen molar-refractivity contribution in [2.75, 3.05) is 5.75 Å². The first kappa shape index (κ1) is 13.8. The van der Waals surface area contributed by atoms with Crippen molar-refractivity contribution in [2.45, 2.75) is 49.6 Å². The lowest BCUT2D eigenvalue weighted by Gasteiger charge is -2.28. The van der Waals surface area contributed by atoms with E-state index in [1.807, 2.05) is 24.0 Å². The van der Waals surface area contributed by atoms with Crippen LogP contribution in [-0.4, -0.2) is 28.1 Å². The van der Waals surface area contributed by atoms with E-state index in [1.165, 1.54) is 4.90 Å². The SMILES string of the molecule is CCSc1c(O[C@@H]2CCC[C@@H](N)C2)ccc2[nH]ncc12. The van der Waals surface area contributed by atoms with E-state index in [2.05, 4.69) is 23.2 Å². The number of hydrogen-bond donors (Lipinski definition) is 2. The van der Waals surface area contributed by atoms with Crippen molar-refractivity contribution in [3.8, 4) is 5.75 Å². The zero-order valence-electron chi connectivity index (χ0n) is 11.8. The van der Waals surface area contributed by atoms with E-state index in [1.54, 1.807) is 0 Å². The van der Waals surface area contributed by atoms with E-state index < -0.39 is 0 Å². The Labute approximate surface area is 123 Å². The molecule has 1 saturated carbocycles. The van der Waals surface area contributed by atoms with Gasteiger partial charge in [-0.1, -0.05) is 6.92 Å². The molecule has 1 fully saturated rings. The predicted molar refractivity (Wildman–Crippen MR) is 83.4 cm³/mol. The summed E-state index contributed by atoms with van der Waals surface area (Å²) in [5.74, 6) is 2.00. The quantitative estimate of drug-likeness (QED) is 0.848. The summed E-state index contributed by atoms with van der Waals surface area (Å²) >= 11 is 1.81. The summed E-state index contributed by atoms with van der Waals surface area (Å²) in [6.45, 7) is 2.16. The van der Waals surface area contributed by atoms with Crippen LogP contribution in [0.25, 0.3) is 10.9 Å². The van der Waals surface area contributed by atoms with E-state index >= 15 is 0 Å². The van der Waals surface area contributed by atoms with Crippen molar-refractivity contribution in [2.24, 2.45) is 5.73 Å². The maximum absolute atomic E-state index is 6.24. The molecule has 0 bridgehead atoms. The minimum Gasteiger partial charge on any atom is -0.489 e. The van der Waals surface area contributed by atoms with E-state index in [-0.39, 0.29) is 12.1 Å². The molecule has 1 aliphatic carbocycles. The molecule has 0 amide bonds. The van der Waals surface area contributed by atoms with Crippen molar-refractivity contribution in [1.29, 1.82) is 0 Å². The number of fused-ring (bicyclic) bond motifs is 1. The molecule has 108 valence electrons. The molecule has 3 N–H and O–H groups in total. The van der Waals surface area contributed by atoms with Crippen LogP contribution in [0.2, 0.25) is 0 Å². The van der Waals surface area contributed by atoms with E-state index in [9.17, 15) is 0 Å². The van der Waals surface area contributed by atoms with Gasteiger partial charge in [0.05, 0.1) is 16.6 Å². The number of nitrogens with two attached hydrogens (primary N) is 1. The van der Waals surface area contributed by atoms with Crippen molar-refractivity contribution >= 4 is 22.7 Å². The monoisotopic (exact) mass is 291 g/mol. The Kier molecular flexibility index (Phi) is 4.17. The lowest BCUT2D eigenvalue weighted by atomic mass is 9.93. The number of benzene rings is 1. The molecule has 0 aliphatic heterocycles. The molecule has 1 aromatic heterocycles. The van der Waals surface area contributed by atoms with Gasteiger partial charge in [-0.05, 0) is 43.6 Å². The molecule has 4 nitrogen and oxygen atoms in total. The summed E-state index contributed by atoms with van der Waals surface area (Å²) in [5.41, 5.74) is 7.11. The highest BCUT2D eigenvalue weighted by Gasteiger charge is 2.22. The van der Waals surface area contributed by atoms with Crippen LogP contribution in [0.4, 0.5) is 0 Å². The number of rotatable bonds is 4. The Morgan fingerprint density at radius 1 is 1.45 bits per heavy atom. The van der Waals surface area contributed by atoms with Crippen LogP contribution >= 0.6 is 11.8 Å². The molecule has 2 aromatic rings. The minimum absolute atomic E-state index is 0.249. The van der Waals surface area contributed by atoms with Crippen LogP contribution in [0, 0.1) is 0 Å². The normalized spacial score (nSPS) is 23.1. The summed E-state index contributed by atoms with van der Waals surface area (Å²) in [6.07, 6.45) is 6.48. The predicted octanol–water partition coefficient (Wildman–Crippen LogP) is 3.32. The topological polar surface area (TPSA) is 63.9 Å². The van der Waals surface area contributed by atoms with Gasteiger partial charge in [0.1, 0.15) is 11.9 Å². The zero-order valence-corrected chi connectivity index (χ0v) is 12.6. The van der Waals surface area contributed by atoms with Crippen molar-refractivity contribution in [3.05, 3.63) is 18.3 Å². The molecule has 20 heavy (non-hydrogen) atoms. The highest BCUT2D eigenvalue weighted by Crippen LogP contribution is 2.37. The van der Waals surface area contributed by atoms with Crippen molar-refractivity contribution in [1.82, 2.24) is 10.2 Å². The summed E-state index contributed by atoms with van der Waals surface area (Å²) in [5, 5.41) is 8.30. The summed E-state index contributed by atoms with van der Waals surface area (Å²) < 4.78 is 6.24. The molecule has 0 radical (unpaired) electrons. The number of thioether (sulfide) groups is 1. The molecule has 2 atom stereocenters. The number of aromatic nitrogens is 2. The first-order valence-corrected chi connectivity index (χ1v) is 8.27. The largest absolute Gasteiger partial charge is 0.489 e. The number of ether oxygens (including phenoxy) is 1. The van der Waals surface area contributed by atoms with Crippen molar-refractivity contribution < 1.29 is 4.74 Å². The number of nitrogens with one attached hydrogen (secondary N) is 1.